The molecule has 1 N–H and O–H groups in total. The smallest absolute Gasteiger partial charge is 0.0561 e. The summed E-state index contributed by atoms with van der Waals surface area (Å²) in [6, 6.07) is 0.693. The average Bonchev–Trinajstić information content (AvgIpc) is 2.17. The largest absolute Gasteiger partial charge is 0.378 e. The van der Waals surface area contributed by atoms with Crippen LogP contribution in [-0.2, 0) is 4.74 Å². The van der Waals surface area contributed by atoms with Crippen LogP contribution in [0.4, 0.5) is 0 Å². The zero-order valence-electron chi connectivity index (χ0n) is 9.92. The van der Waals surface area contributed by atoms with Crippen LogP contribution in [0.2, 0.25) is 0 Å². The van der Waals surface area contributed by atoms with Gasteiger partial charge in [-0.05, 0) is 38.9 Å². The second kappa shape index (κ2) is 5.07. The monoisotopic (exact) mass is 229 g/mol. The summed E-state index contributed by atoms with van der Waals surface area (Å²) in [5.74, 6) is 0. The fourth-order valence-corrected chi connectivity index (χ4v) is 3.46. The van der Waals surface area contributed by atoms with Crippen molar-refractivity contribution in [1.82, 2.24) is 5.32 Å². The minimum atomic E-state index is 0.447. The van der Waals surface area contributed by atoms with Gasteiger partial charge in [0.2, 0.25) is 0 Å². The van der Waals surface area contributed by atoms with Crippen molar-refractivity contribution in [3.63, 3.8) is 0 Å². The maximum Gasteiger partial charge on any atom is 0.0561 e. The first-order valence-electron chi connectivity index (χ1n) is 6.14. The molecule has 1 saturated carbocycles. The molecule has 2 aliphatic rings. The zero-order chi connectivity index (χ0) is 10.7. The van der Waals surface area contributed by atoms with Crippen molar-refractivity contribution >= 4 is 11.8 Å². The van der Waals surface area contributed by atoms with Crippen molar-refractivity contribution in [2.45, 2.75) is 55.9 Å². The molecule has 88 valence electrons. The molecule has 0 aromatic rings. The fraction of sp³-hybridized carbons (Fsp3) is 1.00. The van der Waals surface area contributed by atoms with Crippen molar-refractivity contribution < 1.29 is 4.74 Å². The van der Waals surface area contributed by atoms with Gasteiger partial charge >= 0.3 is 0 Å². The first kappa shape index (κ1) is 11.7. The summed E-state index contributed by atoms with van der Waals surface area (Å²) in [5.41, 5.74) is 0. The molecular weight excluding hydrogens is 206 g/mol. The SMILES string of the molecule is CSC1(CNC2CCOC(C)C2)CCC1. The predicted octanol–water partition coefficient (Wildman–Crippen LogP) is 2.43. The van der Waals surface area contributed by atoms with Gasteiger partial charge in [-0.15, -0.1) is 0 Å². The molecule has 15 heavy (non-hydrogen) atoms. The van der Waals surface area contributed by atoms with E-state index in [4.69, 9.17) is 4.74 Å². The van der Waals surface area contributed by atoms with Crippen LogP contribution >= 0.6 is 11.8 Å². The van der Waals surface area contributed by atoms with E-state index in [0.717, 1.165) is 6.61 Å². The van der Waals surface area contributed by atoms with Crippen LogP contribution in [0, 0.1) is 0 Å². The quantitative estimate of drug-likeness (QED) is 0.800. The summed E-state index contributed by atoms with van der Waals surface area (Å²) >= 11 is 2.05. The Morgan fingerprint density at radius 3 is 2.80 bits per heavy atom. The molecule has 0 bridgehead atoms. The highest BCUT2D eigenvalue weighted by molar-refractivity contribution is 8.00. The molecular formula is C12H23NOS. The summed E-state index contributed by atoms with van der Waals surface area (Å²) in [6.07, 6.45) is 9.31. The van der Waals surface area contributed by atoms with E-state index >= 15 is 0 Å². The van der Waals surface area contributed by atoms with Crippen LogP contribution in [0.5, 0.6) is 0 Å². The van der Waals surface area contributed by atoms with Crippen LogP contribution < -0.4 is 5.32 Å². The van der Waals surface area contributed by atoms with E-state index < -0.39 is 0 Å². The van der Waals surface area contributed by atoms with Gasteiger partial charge in [-0.1, -0.05) is 6.42 Å². The van der Waals surface area contributed by atoms with Crippen LogP contribution in [0.25, 0.3) is 0 Å². The topological polar surface area (TPSA) is 21.3 Å². The molecule has 3 heteroatoms. The summed E-state index contributed by atoms with van der Waals surface area (Å²) in [5, 5.41) is 3.74. The average molecular weight is 229 g/mol. The molecule has 0 aromatic carbocycles. The molecule has 2 nitrogen and oxygen atoms in total. The molecule has 2 fully saturated rings. The maximum atomic E-state index is 5.56. The normalized spacial score (nSPS) is 34.8. The van der Waals surface area contributed by atoms with E-state index in [0.29, 0.717) is 16.9 Å². The minimum Gasteiger partial charge on any atom is -0.378 e. The Bertz CT molecular complexity index is 200. The van der Waals surface area contributed by atoms with Crippen LogP contribution in [0.15, 0.2) is 0 Å². The van der Waals surface area contributed by atoms with Crippen molar-refractivity contribution in [2.75, 3.05) is 19.4 Å². The van der Waals surface area contributed by atoms with Crippen LogP contribution in [-0.4, -0.2) is 36.3 Å². The van der Waals surface area contributed by atoms with E-state index in [-0.39, 0.29) is 0 Å². The first-order chi connectivity index (χ1) is 7.24. The molecule has 2 unspecified atom stereocenters. The summed E-state index contributed by atoms with van der Waals surface area (Å²) in [6.45, 7) is 4.32. The van der Waals surface area contributed by atoms with E-state index in [1.807, 2.05) is 0 Å². The van der Waals surface area contributed by atoms with Gasteiger partial charge in [-0.3, -0.25) is 0 Å². The molecule has 0 aromatic heterocycles. The third-order valence-corrected chi connectivity index (χ3v) is 5.31. The molecule has 0 radical (unpaired) electrons. The Morgan fingerprint density at radius 2 is 2.27 bits per heavy atom. The number of hydrogen-bond acceptors (Lipinski definition) is 3. The van der Waals surface area contributed by atoms with Gasteiger partial charge in [-0.25, -0.2) is 0 Å². The third-order valence-electron chi connectivity index (χ3n) is 3.90. The van der Waals surface area contributed by atoms with E-state index in [1.54, 1.807) is 0 Å². The van der Waals surface area contributed by atoms with Crippen molar-refractivity contribution in [3.8, 4) is 0 Å². The van der Waals surface area contributed by atoms with Gasteiger partial charge in [0.1, 0.15) is 0 Å². The summed E-state index contributed by atoms with van der Waals surface area (Å²) in [7, 11) is 0. The lowest BCUT2D eigenvalue weighted by molar-refractivity contribution is 0.0125. The number of rotatable bonds is 4. The van der Waals surface area contributed by atoms with Crippen molar-refractivity contribution in [2.24, 2.45) is 0 Å². The Balaban J connectivity index is 1.72. The highest BCUT2D eigenvalue weighted by atomic mass is 32.2. The highest BCUT2D eigenvalue weighted by Gasteiger charge is 2.36. The Hall–Kier alpha value is 0.270. The standard InChI is InChI=1S/C12H23NOS/c1-10-8-11(4-7-14-10)13-9-12(15-2)5-3-6-12/h10-11,13H,3-9H2,1-2H3. The van der Waals surface area contributed by atoms with Crippen LogP contribution in [0.1, 0.15) is 39.0 Å². The summed E-state index contributed by atoms with van der Waals surface area (Å²) < 4.78 is 6.13. The zero-order valence-corrected chi connectivity index (χ0v) is 10.7. The molecule has 1 saturated heterocycles. The lowest BCUT2D eigenvalue weighted by Crippen LogP contribution is -2.48. The lowest BCUT2D eigenvalue weighted by atomic mass is 9.84. The van der Waals surface area contributed by atoms with Gasteiger partial charge in [0.25, 0.3) is 0 Å². The molecule has 1 aliphatic heterocycles. The number of nitrogens with one attached hydrogen (secondary N) is 1. The first-order valence-corrected chi connectivity index (χ1v) is 7.37. The maximum absolute atomic E-state index is 5.56. The van der Waals surface area contributed by atoms with Gasteiger partial charge < -0.3 is 10.1 Å². The number of ether oxygens (including phenoxy) is 1. The van der Waals surface area contributed by atoms with Crippen molar-refractivity contribution in [1.29, 1.82) is 0 Å². The second-order valence-electron chi connectivity index (χ2n) is 5.02. The molecule has 0 amide bonds. The fourth-order valence-electron chi connectivity index (χ4n) is 2.54. The van der Waals surface area contributed by atoms with Crippen LogP contribution in [0.3, 0.4) is 0 Å². The Kier molecular flexibility index (Phi) is 3.97. The van der Waals surface area contributed by atoms with Gasteiger partial charge in [-0.2, -0.15) is 11.8 Å². The van der Waals surface area contributed by atoms with E-state index in [2.05, 4.69) is 30.3 Å². The van der Waals surface area contributed by atoms with Crippen molar-refractivity contribution in [3.05, 3.63) is 0 Å². The predicted molar refractivity (Wildman–Crippen MR) is 66.5 cm³/mol. The van der Waals surface area contributed by atoms with Gasteiger partial charge in [0.15, 0.2) is 0 Å². The highest BCUT2D eigenvalue weighted by Crippen LogP contribution is 2.42. The van der Waals surface area contributed by atoms with Gasteiger partial charge in [0.05, 0.1) is 6.10 Å². The van der Waals surface area contributed by atoms with E-state index in [1.165, 1.54) is 38.6 Å². The van der Waals surface area contributed by atoms with E-state index in [9.17, 15) is 0 Å². The minimum absolute atomic E-state index is 0.447. The Labute approximate surface area is 97.5 Å². The van der Waals surface area contributed by atoms with Gasteiger partial charge in [0, 0.05) is 23.9 Å². The molecule has 2 rings (SSSR count). The number of hydrogen-bond donors (Lipinski definition) is 1. The molecule has 1 aliphatic carbocycles. The summed E-state index contributed by atoms with van der Waals surface area (Å²) in [4.78, 5) is 0. The number of thioether (sulfide) groups is 1. The molecule has 1 heterocycles. The lowest BCUT2D eigenvalue weighted by Gasteiger charge is -2.42. The third kappa shape index (κ3) is 2.89. The Morgan fingerprint density at radius 1 is 1.47 bits per heavy atom. The second-order valence-corrected chi connectivity index (χ2v) is 6.30. The molecule has 2 atom stereocenters. The molecule has 0 spiro atoms.